The average molecular weight is 558 g/mol. The number of amides is 2. The van der Waals surface area contributed by atoms with Gasteiger partial charge in [-0.25, -0.2) is 18.2 Å². The van der Waals surface area contributed by atoms with Gasteiger partial charge in [-0.15, -0.1) is 0 Å². The molecule has 3 heterocycles. The lowest BCUT2D eigenvalue weighted by Crippen LogP contribution is -2.40. The Balaban J connectivity index is 1.57. The molecule has 0 bridgehead atoms. The van der Waals surface area contributed by atoms with Gasteiger partial charge in [0.2, 0.25) is 0 Å². The third kappa shape index (κ3) is 6.57. The van der Waals surface area contributed by atoms with E-state index >= 15 is 0 Å². The molecule has 1 aromatic carbocycles. The molecule has 1 atom stereocenters. The minimum absolute atomic E-state index is 0.0504. The standard InChI is InChI=1S/C28H27ClF3N5O2/c1-28(2,32)27(39)34-15-16-7-8-19(24(25(30)31)33-12-11-16)26(38)36-23-10-9-21-20(35-23)14-22(37(21)3)17-5-4-6-18(29)13-17/h4-10,12-14,16,25H,11,15H2,1-3H3,(H,34,39)(H,35,36,38)/b8-7-,24-19+,33-12-. The fourth-order valence-electron chi connectivity index (χ4n) is 4.10. The Morgan fingerprint density at radius 2 is 1.97 bits per heavy atom. The summed E-state index contributed by atoms with van der Waals surface area (Å²) in [6.07, 6.45) is 1.26. The van der Waals surface area contributed by atoms with Crippen LogP contribution in [0.15, 0.2) is 70.9 Å². The Labute approximate surface area is 228 Å². The highest BCUT2D eigenvalue weighted by molar-refractivity contribution is 6.30. The summed E-state index contributed by atoms with van der Waals surface area (Å²) in [5.74, 6) is -1.82. The predicted octanol–water partition coefficient (Wildman–Crippen LogP) is 5.86. The highest BCUT2D eigenvalue weighted by Crippen LogP contribution is 2.29. The molecular weight excluding hydrogens is 531 g/mol. The van der Waals surface area contributed by atoms with E-state index in [4.69, 9.17) is 11.6 Å². The zero-order valence-electron chi connectivity index (χ0n) is 21.5. The number of benzene rings is 1. The highest BCUT2D eigenvalue weighted by Gasteiger charge is 2.27. The number of aliphatic imine (C=N–C) groups is 1. The third-order valence-electron chi connectivity index (χ3n) is 6.23. The fraction of sp³-hybridized carbons (Fsp3) is 0.286. The van der Waals surface area contributed by atoms with Gasteiger partial charge in [-0.05, 0) is 62.1 Å². The molecular formula is C28H27ClF3N5O2. The Bertz CT molecular complexity index is 1500. The van der Waals surface area contributed by atoms with Gasteiger partial charge in [0.05, 0.1) is 22.3 Å². The lowest BCUT2D eigenvalue weighted by Gasteiger charge is -2.18. The van der Waals surface area contributed by atoms with Gasteiger partial charge in [0.25, 0.3) is 18.2 Å². The first kappa shape index (κ1) is 28.1. The lowest BCUT2D eigenvalue weighted by molar-refractivity contribution is -0.130. The van der Waals surface area contributed by atoms with Crippen LogP contribution in [0.1, 0.15) is 20.3 Å². The molecule has 1 unspecified atom stereocenters. The number of nitrogens with zero attached hydrogens (tertiary/aromatic N) is 3. The van der Waals surface area contributed by atoms with Gasteiger partial charge in [-0.1, -0.05) is 35.9 Å². The summed E-state index contributed by atoms with van der Waals surface area (Å²) < 4.78 is 43.3. The molecule has 0 saturated heterocycles. The number of halogens is 4. The molecule has 0 spiro atoms. The average Bonchev–Trinajstić information content (AvgIpc) is 3.18. The van der Waals surface area contributed by atoms with E-state index in [1.54, 1.807) is 18.2 Å². The summed E-state index contributed by atoms with van der Waals surface area (Å²) in [4.78, 5) is 33.3. The Hall–Kier alpha value is -3.92. The molecule has 1 aliphatic heterocycles. The summed E-state index contributed by atoms with van der Waals surface area (Å²) >= 11 is 6.14. The summed E-state index contributed by atoms with van der Waals surface area (Å²) in [6, 6.07) is 12.6. The number of hydrogen-bond acceptors (Lipinski definition) is 4. The van der Waals surface area contributed by atoms with Crippen LogP contribution in [0.5, 0.6) is 0 Å². The van der Waals surface area contributed by atoms with Gasteiger partial charge in [-0.3, -0.25) is 14.6 Å². The number of alkyl halides is 3. The van der Waals surface area contributed by atoms with Crippen molar-refractivity contribution in [2.24, 2.45) is 18.0 Å². The van der Waals surface area contributed by atoms with E-state index < -0.39 is 29.6 Å². The van der Waals surface area contributed by atoms with Crippen LogP contribution in [0.25, 0.3) is 22.3 Å². The highest BCUT2D eigenvalue weighted by atomic mass is 35.5. The molecule has 39 heavy (non-hydrogen) atoms. The van der Waals surface area contributed by atoms with Crippen LogP contribution in [0.2, 0.25) is 5.02 Å². The van der Waals surface area contributed by atoms with Crippen LogP contribution in [-0.4, -0.2) is 46.2 Å². The normalized spacial score (nSPS) is 19.4. The number of rotatable bonds is 7. The molecule has 0 fully saturated rings. The van der Waals surface area contributed by atoms with Crippen molar-refractivity contribution >= 4 is 46.5 Å². The van der Waals surface area contributed by atoms with Crippen LogP contribution < -0.4 is 10.6 Å². The van der Waals surface area contributed by atoms with Gasteiger partial charge < -0.3 is 15.2 Å². The van der Waals surface area contributed by atoms with Gasteiger partial charge in [0.15, 0.2) is 5.67 Å². The Morgan fingerprint density at radius 1 is 1.21 bits per heavy atom. The number of allylic oxidation sites excluding steroid dienone is 1. The SMILES string of the molecule is Cn1c(-c2cccc(Cl)c2)cc2nc(NC(=O)C3=C(C(F)F)/N=C\CC(CNC(=O)C(C)(C)F)/C=C\3)ccc21. The first-order chi connectivity index (χ1) is 18.4. The van der Waals surface area contributed by atoms with Crippen LogP contribution >= 0.6 is 11.6 Å². The predicted molar refractivity (Wildman–Crippen MR) is 147 cm³/mol. The fourth-order valence-corrected chi connectivity index (χ4v) is 4.29. The van der Waals surface area contributed by atoms with Crippen LogP contribution in [0.3, 0.4) is 0 Å². The number of carbonyl (C=O) groups is 2. The van der Waals surface area contributed by atoms with Crippen LogP contribution in [0.4, 0.5) is 19.0 Å². The molecule has 7 nitrogen and oxygen atoms in total. The van der Waals surface area contributed by atoms with Crippen molar-refractivity contribution in [2.75, 3.05) is 11.9 Å². The maximum Gasteiger partial charge on any atom is 0.281 e. The van der Waals surface area contributed by atoms with Gasteiger partial charge >= 0.3 is 0 Å². The molecule has 2 amide bonds. The molecule has 2 N–H and O–H groups in total. The topological polar surface area (TPSA) is 88.4 Å². The summed E-state index contributed by atoms with van der Waals surface area (Å²) in [5.41, 5.74) is 0.0577. The summed E-state index contributed by atoms with van der Waals surface area (Å²) in [5, 5.41) is 5.66. The lowest BCUT2D eigenvalue weighted by atomic mass is 10.0. The van der Waals surface area contributed by atoms with Crippen molar-refractivity contribution in [1.29, 1.82) is 0 Å². The second-order valence-corrected chi connectivity index (χ2v) is 10.0. The molecule has 0 radical (unpaired) electrons. The van der Waals surface area contributed by atoms with E-state index in [0.29, 0.717) is 10.5 Å². The van der Waals surface area contributed by atoms with E-state index in [-0.39, 0.29) is 30.3 Å². The summed E-state index contributed by atoms with van der Waals surface area (Å²) in [6.45, 7) is 2.32. The molecule has 11 heteroatoms. The van der Waals surface area contributed by atoms with E-state index in [1.165, 1.54) is 18.4 Å². The smallest absolute Gasteiger partial charge is 0.281 e. The van der Waals surface area contributed by atoms with Crippen molar-refractivity contribution < 1.29 is 22.8 Å². The Kier molecular flexibility index (Phi) is 8.25. The first-order valence-electron chi connectivity index (χ1n) is 12.2. The number of aromatic nitrogens is 2. The van der Waals surface area contributed by atoms with Crippen LogP contribution in [0, 0.1) is 5.92 Å². The second kappa shape index (κ2) is 11.4. The van der Waals surface area contributed by atoms with E-state index in [0.717, 1.165) is 30.6 Å². The zero-order valence-corrected chi connectivity index (χ0v) is 22.3. The second-order valence-electron chi connectivity index (χ2n) is 9.60. The molecule has 0 saturated carbocycles. The summed E-state index contributed by atoms with van der Waals surface area (Å²) in [7, 11) is 1.88. The monoisotopic (exact) mass is 557 g/mol. The number of pyridine rings is 1. The maximum absolute atomic E-state index is 13.8. The Morgan fingerprint density at radius 3 is 2.67 bits per heavy atom. The van der Waals surface area contributed by atoms with Crippen molar-refractivity contribution in [1.82, 2.24) is 14.9 Å². The van der Waals surface area contributed by atoms with Crippen molar-refractivity contribution in [3.05, 3.63) is 70.9 Å². The number of hydrogen-bond donors (Lipinski definition) is 2. The van der Waals surface area contributed by atoms with E-state index in [2.05, 4.69) is 20.6 Å². The minimum atomic E-state index is -3.00. The zero-order chi connectivity index (χ0) is 28.3. The number of nitrogens with one attached hydrogen (secondary N) is 2. The van der Waals surface area contributed by atoms with Gasteiger partial charge in [-0.2, -0.15) is 0 Å². The molecule has 204 valence electrons. The molecule has 4 rings (SSSR count). The van der Waals surface area contributed by atoms with Gasteiger partial charge in [0.1, 0.15) is 11.5 Å². The molecule has 1 aliphatic rings. The number of fused-ring (bicyclic) bond motifs is 1. The molecule has 0 aliphatic carbocycles. The van der Waals surface area contributed by atoms with Crippen molar-refractivity contribution in [3.63, 3.8) is 0 Å². The van der Waals surface area contributed by atoms with E-state index in [9.17, 15) is 22.8 Å². The minimum Gasteiger partial charge on any atom is -0.353 e. The van der Waals surface area contributed by atoms with Crippen molar-refractivity contribution in [2.45, 2.75) is 32.4 Å². The first-order valence-corrected chi connectivity index (χ1v) is 12.6. The number of aryl methyl sites for hydroxylation is 1. The third-order valence-corrected chi connectivity index (χ3v) is 6.46. The molecule has 3 aromatic rings. The quantitative estimate of drug-likeness (QED) is 0.381. The molecule has 2 aromatic heterocycles. The van der Waals surface area contributed by atoms with E-state index in [1.807, 2.05) is 35.9 Å². The number of carbonyl (C=O) groups excluding carboxylic acids is 2. The number of anilines is 1. The van der Waals surface area contributed by atoms with Crippen LogP contribution in [-0.2, 0) is 16.6 Å². The maximum atomic E-state index is 13.8. The van der Waals surface area contributed by atoms with Gasteiger partial charge in [0, 0.05) is 24.8 Å². The largest absolute Gasteiger partial charge is 0.353 e. The van der Waals surface area contributed by atoms with Crippen molar-refractivity contribution in [3.8, 4) is 11.3 Å².